The number of hydrogen-bond acceptors (Lipinski definition) is 4. The molecule has 140 valence electrons. The third-order valence-electron chi connectivity index (χ3n) is 4.35. The number of H-pyrrole nitrogens is 1. The van der Waals surface area contributed by atoms with E-state index in [0.29, 0.717) is 5.69 Å². The van der Waals surface area contributed by atoms with E-state index >= 15 is 0 Å². The van der Waals surface area contributed by atoms with Crippen LogP contribution in [0.3, 0.4) is 0 Å². The Labute approximate surface area is 162 Å². The van der Waals surface area contributed by atoms with Crippen molar-refractivity contribution in [1.29, 1.82) is 0 Å². The van der Waals surface area contributed by atoms with E-state index in [4.69, 9.17) is 0 Å². The molecule has 0 bridgehead atoms. The molecule has 0 atom stereocenters. The van der Waals surface area contributed by atoms with Crippen molar-refractivity contribution < 1.29 is 13.2 Å². The molecule has 4 rings (SSSR count). The van der Waals surface area contributed by atoms with Crippen molar-refractivity contribution in [2.24, 2.45) is 0 Å². The fourth-order valence-corrected chi connectivity index (χ4v) is 4.33. The Morgan fingerprint density at radius 1 is 0.964 bits per heavy atom. The van der Waals surface area contributed by atoms with Gasteiger partial charge < -0.3 is 10.3 Å². The molecule has 6 nitrogen and oxygen atoms in total. The second-order valence-electron chi connectivity index (χ2n) is 6.28. The summed E-state index contributed by atoms with van der Waals surface area (Å²) in [7, 11) is -3.64. The first kappa shape index (κ1) is 17.9. The molecule has 1 amide bonds. The van der Waals surface area contributed by atoms with Gasteiger partial charge in [-0.05, 0) is 42.5 Å². The van der Waals surface area contributed by atoms with E-state index in [2.05, 4.69) is 15.3 Å². The van der Waals surface area contributed by atoms with Crippen molar-refractivity contribution in [2.45, 2.75) is 16.2 Å². The third-order valence-corrected chi connectivity index (χ3v) is 6.11. The molecule has 0 unspecified atom stereocenters. The Morgan fingerprint density at radius 3 is 2.57 bits per heavy atom. The molecular formula is C21H17N3O3S. The Morgan fingerprint density at radius 2 is 1.75 bits per heavy atom. The lowest BCUT2D eigenvalue weighted by atomic mass is 10.2. The number of carbonyl (C=O) groups excluding carboxylic acids is 1. The van der Waals surface area contributed by atoms with Crippen LogP contribution in [0.4, 0.5) is 5.69 Å². The van der Waals surface area contributed by atoms with Crippen LogP contribution in [0.15, 0.2) is 88.9 Å². The van der Waals surface area contributed by atoms with Crippen molar-refractivity contribution in [3.63, 3.8) is 0 Å². The number of fused-ring (bicyclic) bond motifs is 1. The first-order valence-corrected chi connectivity index (χ1v) is 10.1. The molecule has 28 heavy (non-hydrogen) atoms. The van der Waals surface area contributed by atoms with Crippen molar-refractivity contribution in [2.75, 3.05) is 5.32 Å². The topological polar surface area (TPSA) is 91.9 Å². The van der Waals surface area contributed by atoms with Crippen molar-refractivity contribution in [3.05, 3.63) is 84.7 Å². The quantitative estimate of drug-likeness (QED) is 0.544. The normalized spacial score (nSPS) is 11.4. The molecule has 7 heteroatoms. The lowest BCUT2D eigenvalue weighted by Gasteiger charge is -2.08. The molecule has 0 radical (unpaired) electrons. The van der Waals surface area contributed by atoms with E-state index in [1.807, 2.05) is 12.1 Å². The number of nitrogens with zero attached hydrogens (tertiary/aromatic N) is 1. The highest BCUT2D eigenvalue weighted by Crippen LogP contribution is 2.23. The summed E-state index contributed by atoms with van der Waals surface area (Å²) in [5.74, 6) is -0.249. The molecule has 0 aliphatic heterocycles. The van der Waals surface area contributed by atoms with Gasteiger partial charge in [0, 0.05) is 23.6 Å². The molecular weight excluding hydrogens is 374 g/mol. The zero-order chi connectivity index (χ0) is 19.6. The highest BCUT2D eigenvalue weighted by Gasteiger charge is 2.18. The van der Waals surface area contributed by atoms with E-state index < -0.39 is 9.84 Å². The summed E-state index contributed by atoms with van der Waals surface area (Å²) in [5, 5.41) is 2.76. The zero-order valence-electron chi connectivity index (χ0n) is 14.8. The maximum atomic E-state index is 12.7. The summed E-state index contributed by atoms with van der Waals surface area (Å²) in [5.41, 5.74) is 2.82. The van der Waals surface area contributed by atoms with Crippen molar-refractivity contribution in [3.8, 4) is 0 Å². The van der Waals surface area contributed by atoms with Gasteiger partial charge in [0.25, 0.3) is 0 Å². The number of carbonyl (C=O) groups is 1. The summed E-state index contributed by atoms with van der Waals surface area (Å²) < 4.78 is 25.5. The van der Waals surface area contributed by atoms with Gasteiger partial charge in [-0.2, -0.15) is 0 Å². The number of pyridine rings is 1. The Bertz CT molecular complexity index is 1250. The molecule has 0 aliphatic rings. The minimum Gasteiger partial charge on any atom is -0.360 e. The number of benzene rings is 2. The van der Waals surface area contributed by atoms with Crippen LogP contribution in [0.2, 0.25) is 0 Å². The predicted octanol–water partition coefficient (Wildman–Crippen LogP) is 3.58. The van der Waals surface area contributed by atoms with Gasteiger partial charge in [0.15, 0.2) is 0 Å². The number of aromatic amines is 1. The van der Waals surface area contributed by atoms with Crippen molar-refractivity contribution in [1.82, 2.24) is 9.97 Å². The Kier molecular flexibility index (Phi) is 4.67. The molecule has 2 N–H and O–H groups in total. The van der Waals surface area contributed by atoms with Gasteiger partial charge >= 0.3 is 0 Å². The summed E-state index contributed by atoms with van der Waals surface area (Å²) in [4.78, 5) is 20.2. The van der Waals surface area contributed by atoms with Crippen LogP contribution in [-0.2, 0) is 21.1 Å². The van der Waals surface area contributed by atoms with Gasteiger partial charge in [-0.15, -0.1) is 0 Å². The molecule has 2 aromatic heterocycles. The summed E-state index contributed by atoms with van der Waals surface area (Å²) >= 11 is 0. The number of rotatable bonds is 5. The maximum Gasteiger partial charge on any atom is 0.228 e. The number of hydrogen-bond donors (Lipinski definition) is 2. The molecule has 4 aromatic rings. The van der Waals surface area contributed by atoms with E-state index in [1.165, 1.54) is 12.1 Å². The predicted molar refractivity (Wildman–Crippen MR) is 107 cm³/mol. The number of aromatic nitrogens is 2. The number of amides is 1. The van der Waals surface area contributed by atoms with Gasteiger partial charge in [0.2, 0.25) is 15.7 Å². The SMILES string of the molecule is O=C(Cc1c[nH]c2cccnc12)Nc1cccc(S(=O)(=O)c2ccccc2)c1. The van der Waals surface area contributed by atoms with E-state index in [-0.39, 0.29) is 22.1 Å². The lowest BCUT2D eigenvalue weighted by molar-refractivity contribution is -0.115. The highest BCUT2D eigenvalue weighted by molar-refractivity contribution is 7.91. The fraction of sp³-hybridized carbons (Fsp3) is 0.0476. The number of sulfone groups is 1. The smallest absolute Gasteiger partial charge is 0.228 e. The molecule has 2 aromatic carbocycles. The zero-order valence-corrected chi connectivity index (χ0v) is 15.6. The van der Waals surface area contributed by atoms with Gasteiger partial charge in [-0.1, -0.05) is 24.3 Å². The third kappa shape index (κ3) is 3.52. The number of anilines is 1. The molecule has 0 saturated heterocycles. The van der Waals surface area contributed by atoms with Crippen LogP contribution >= 0.6 is 0 Å². The average Bonchev–Trinajstić information content (AvgIpc) is 3.12. The second kappa shape index (κ2) is 7.28. The first-order chi connectivity index (χ1) is 13.5. The van der Waals surface area contributed by atoms with Gasteiger partial charge in [0.1, 0.15) is 0 Å². The van der Waals surface area contributed by atoms with Gasteiger partial charge in [-0.25, -0.2) is 8.42 Å². The Hall–Kier alpha value is -3.45. The van der Waals surface area contributed by atoms with Crippen LogP contribution in [0.25, 0.3) is 11.0 Å². The average molecular weight is 391 g/mol. The molecule has 0 spiro atoms. The summed E-state index contributed by atoms with van der Waals surface area (Å²) in [6.07, 6.45) is 3.57. The molecule has 0 aliphatic carbocycles. The standard InChI is InChI=1S/C21H17N3O3S/c25-20(12-15-14-23-19-10-5-11-22-21(15)19)24-16-6-4-9-18(13-16)28(26,27)17-7-2-1-3-8-17/h1-11,13-14,23H,12H2,(H,24,25). The molecule has 0 saturated carbocycles. The molecule has 0 fully saturated rings. The molecule has 2 heterocycles. The van der Waals surface area contributed by atoms with E-state index in [9.17, 15) is 13.2 Å². The maximum absolute atomic E-state index is 12.7. The highest BCUT2D eigenvalue weighted by atomic mass is 32.2. The summed E-state index contributed by atoms with van der Waals surface area (Å²) in [6.45, 7) is 0. The lowest BCUT2D eigenvalue weighted by Crippen LogP contribution is -2.14. The number of nitrogens with one attached hydrogen (secondary N) is 2. The van der Waals surface area contributed by atoms with Crippen LogP contribution < -0.4 is 5.32 Å². The fourth-order valence-electron chi connectivity index (χ4n) is 3.00. The first-order valence-electron chi connectivity index (χ1n) is 8.65. The van der Waals surface area contributed by atoms with E-state index in [0.717, 1.165) is 16.6 Å². The second-order valence-corrected chi connectivity index (χ2v) is 8.23. The van der Waals surface area contributed by atoms with E-state index in [1.54, 1.807) is 54.9 Å². The minimum atomic E-state index is -3.64. The largest absolute Gasteiger partial charge is 0.360 e. The minimum absolute atomic E-state index is 0.130. The summed E-state index contributed by atoms with van der Waals surface area (Å²) in [6, 6.07) is 18.2. The van der Waals surface area contributed by atoms with Gasteiger partial charge in [-0.3, -0.25) is 9.78 Å². The Balaban J connectivity index is 1.54. The van der Waals surface area contributed by atoms with Crippen LogP contribution in [0.1, 0.15) is 5.56 Å². The van der Waals surface area contributed by atoms with Crippen molar-refractivity contribution >= 4 is 32.5 Å². The van der Waals surface area contributed by atoms with Gasteiger partial charge in [0.05, 0.1) is 27.2 Å². The monoisotopic (exact) mass is 391 g/mol. The van der Waals surface area contributed by atoms with Crippen LogP contribution in [0.5, 0.6) is 0 Å². The van der Waals surface area contributed by atoms with Crippen LogP contribution in [0, 0.1) is 0 Å². The van der Waals surface area contributed by atoms with Crippen LogP contribution in [-0.4, -0.2) is 24.3 Å².